The number of allylic oxidation sites excluding steroid dienone is 3. The van der Waals surface area contributed by atoms with Gasteiger partial charge in [0.25, 0.3) is 0 Å². The Morgan fingerprint density at radius 3 is 2.24 bits per heavy atom. The highest BCUT2D eigenvalue weighted by Crippen LogP contribution is 2.41. The minimum atomic E-state index is -4.57. The summed E-state index contributed by atoms with van der Waals surface area (Å²) in [5.74, 6) is 0.130. The molecule has 1 atom stereocenters. The monoisotopic (exact) mass is 488 g/mol. The lowest BCUT2D eigenvalue weighted by molar-refractivity contribution is -0.0950. The number of hydrogen-bond acceptors (Lipinski definition) is 2. The van der Waals surface area contributed by atoms with Crippen molar-refractivity contribution in [2.24, 2.45) is 7.05 Å². The lowest BCUT2D eigenvalue weighted by atomic mass is 9.89. The first-order valence-electron chi connectivity index (χ1n) is 10.1. The average molecular weight is 489 g/mol. The fraction of sp³-hybridized carbons (Fsp3) is 0.375. The van der Waals surface area contributed by atoms with Crippen molar-refractivity contribution in [3.8, 4) is 11.4 Å². The van der Waals surface area contributed by atoms with Gasteiger partial charge in [-0.25, -0.2) is 4.98 Å². The molecule has 0 spiro atoms. The summed E-state index contributed by atoms with van der Waals surface area (Å²) < 4.78 is 80.9. The lowest BCUT2D eigenvalue weighted by Gasteiger charge is -2.22. The number of halogens is 6. The molecule has 0 amide bonds. The molecule has 1 unspecified atom stereocenters. The first-order valence-corrected chi connectivity index (χ1v) is 11.1. The van der Waals surface area contributed by atoms with E-state index in [-0.39, 0.29) is 5.69 Å². The average Bonchev–Trinajstić information content (AvgIpc) is 2.98. The van der Waals surface area contributed by atoms with E-state index in [1.807, 2.05) is 6.92 Å². The van der Waals surface area contributed by atoms with Crippen molar-refractivity contribution in [2.45, 2.75) is 50.9 Å². The number of hydrogen-bond donors (Lipinski definition) is 0. The van der Waals surface area contributed by atoms with Crippen LogP contribution in [-0.4, -0.2) is 27.7 Å². The third-order valence-electron chi connectivity index (χ3n) is 5.52. The van der Waals surface area contributed by atoms with Crippen LogP contribution in [0.15, 0.2) is 47.4 Å². The summed E-state index contributed by atoms with van der Waals surface area (Å²) in [5.41, 5.74) is 0.663. The van der Waals surface area contributed by atoms with Crippen LogP contribution >= 0.6 is 11.8 Å². The molecule has 2 rings (SSSR count). The predicted molar refractivity (Wildman–Crippen MR) is 122 cm³/mol. The Hall–Kier alpha value is -2.42. The normalized spacial score (nSPS) is 13.8. The second-order valence-corrected chi connectivity index (χ2v) is 8.96. The van der Waals surface area contributed by atoms with Crippen LogP contribution in [0.3, 0.4) is 0 Å². The van der Waals surface area contributed by atoms with Gasteiger partial charge in [-0.3, -0.25) is 0 Å². The zero-order valence-electron chi connectivity index (χ0n) is 19.1. The van der Waals surface area contributed by atoms with Gasteiger partial charge >= 0.3 is 12.4 Å². The SMILES string of the molecule is C=C/C(=C\c1nc(-c2cc(C)c(C(C)C(=C)C(F)(F)F)cc2SCC)n(C)c1C)C(F)(F)F. The van der Waals surface area contributed by atoms with E-state index < -0.39 is 29.4 Å². The number of rotatable bonds is 7. The smallest absolute Gasteiger partial charge is 0.331 e. The number of thioether (sulfide) groups is 1. The lowest BCUT2D eigenvalue weighted by Crippen LogP contribution is -2.17. The Kier molecular flexibility index (Phi) is 7.99. The molecule has 33 heavy (non-hydrogen) atoms. The van der Waals surface area contributed by atoms with Gasteiger partial charge in [0.1, 0.15) is 5.82 Å². The van der Waals surface area contributed by atoms with Gasteiger partial charge < -0.3 is 4.57 Å². The summed E-state index contributed by atoms with van der Waals surface area (Å²) in [4.78, 5) is 5.14. The molecule has 0 aliphatic carbocycles. The molecule has 0 aliphatic rings. The summed E-state index contributed by atoms with van der Waals surface area (Å²) in [7, 11) is 1.69. The molecule has 0 fully saturated rings. The third-order valence-corrected chi connectivity index (χ3v) is 6.46. The van der Waals surface area contributed by atoms with E-state index in [9.17, 15) is 26.3 Å². The Balaban J connectivity index is 2.68. The van der Waals surface area contributed by atoms with Crippen molar-refractivity contribution < 1.29 is 26.3 Å². The van der Waals surface area contributed by atoms with Crippen LogP contribution in [0.5, 0.6) is 0 Å². The van der Waals surface area contributed by atoms with Crippen LogP contribution in [0.4, 0.5) is 26.3 Å². The maximum absolute atomic E-state index is 13.2. The summed E-state index contributed by atoms with van der Waals surface area (Å²) in [5, 5.41) is 0. The van der Waals surface area contributed by atoms with Crippen molar-refractivity contribution in [3.63, 3.8) is 0 Å². The van der Waals surface area contributed by atoms with Gasteiger partial charge in [0.2, 0.25) is 0 Å². The second-order valence-electron chi connectivity index (χ2n) is 7.65. The largest absolute Gasteiger partial charge is 0.416 e. The Morgan fingerprint density at radius 1 is 1.15 bits per heavy atom. The number of nitrogens with zero attached hydrogens (tertiary/aromatic N) is 2. The number of imidazole rings is 1. The minimum Gasteiger partial charge on any atom is -0.331 e. The van der Waals surface area contributed by atoms with E-state index in [4.69, 9.17) is 0 Å². The van der Waals surface area contributed by atoms with Gasteiger partial charge in [0.15, 0.2) is 0 Å². The Morgan fingerprint density at radius 2 is 1.76 bits per heavy atom. The topological polar surface area (TPSA) is 17.8 Å². The summed E-state index contributed by atoms with van der Waals surface area (Å²) in [6.45, 7) is 13.2. The highest BCUT2D eigenvalue weighted by atomic mass is 32.2. The molecule has 0 bridgehead atoms. The molecule has 0 aliphatic heterocycles. The van der Waals surface area contributed by atoms with Gasteiger partial charge in [-0.15, -0.1) is 11.8 Å². The first kappa shape index (κ1) is 26.8. The van der Waals surface area contributed by atoms with Gasteiger partial charge in [0.05, 0.1) is 11.3 Å². The molecule has 0 N–H and O–H groups in total. The summed E-state index contributed by atoms with van der Waals surface area (Å²) in [6, 6.07) is 3.44. The molecule has 0 radical (unpaired) electrons. The van der Waals surface area contributed by atoms with Gasteiger partial charge in [-0.1, -0.05) is 33.1 Å². The fourth-order valence-corrected chi connectivity index (χ4v) is 4.26. The highest BCUT2D eigenvalue weighted by molar-refractivity contribution is 7.99. The molecule has 2 aromatic rings. The third kappa shape index (κ3) is 5.75. The number of aromatic nitrogens is 2. The highest BCUT2D eigenvalue weighted by Gasteiger charge is 2.36. The van der Waals surface area contributed by atoms with E-state index in [2.05, 4.69) is 18.1 Å². The summed E-state index contributed by atoms with van der Waals surface area (Å²) in [6.07, 6.45) is -7.40. The van der Waals surface area contributed by atoms with Crippen molar-refractivity contribution in [2.75, 3.05) is 5.75 Å². The van der Waals surface area contributed by atoms with Gasteiger partial charge in [0, 0.05) is 34.7 Å². The Bertz CT molecular complexity index is 1090. The predicted octanol–water partition coefficient (Wildman–Crippen LogP) is 8.17. The number of alkyl halides is 6. The molecule has 0 saturated heterocycles. The fourth-order valence-electron chi connectivity index (χ4n) is 3.44. The van der Waals surface area contributed by atoms with E-state index in [0.717, 1.165) is 12.2 Å². The number of benzene rings is 1. The molecule has 0 saturated carbocycles. The maximum Gasteiger partial charge on any atom is 0.416 e. The minimum absolute atomic E-state index is 0.146. The zero-order chi connectivity index (χ0) is 25.3. The molecule has 2 nitrogen and oxygen atoms in total. The van der Waals surface area contributed by atoms with E-state index in [1.165, 1.54) is 18.7 Å². The molecule has 9 heteroatoms. The van der Waals surface area contributed by atoms with E-state index in [1.54, 1.807) is 37.6 Å². The molecule has 180 valence electrons. The van der Waals surface area contributed by atoms with Crippen LogP contribution in [0.2, 0.25) is 0 Å². The van der Waals surface area contributed by atoms with Crippen molar-refractivity contribution in [1.82, 2.24) is 9.55 Å². The van der Waals surface area contributed by atoms with Crippen LogP contribution in [-0.2, 0) is 7.05 Å². The van der Waals surface area contributed by atoms with Crippen molar-refractivity contribution in [3.05, 3.63) is 65.0 Å². The van der Waals surface area contributed by atoms with E-state index in [0.29, 0.717) is 38.9 Å². The molecule has 1 aromatic heterocycles. The second kappa shape index (κ2) is 9.83. The molecule has 1 aromatic carbocycles. The van der Waals surface area contributed by atoms with Gasteiger partial charge in [-0.2, -0.15) is 26.3 Å². The molecular weight excluding hydrogens is 462 g/mol. The zero-order valence-corrected chi connectivity index (χ0v) is 19.9. The van der Waals surface area contributed by atoms with Crippen molar-refractivity contribution >= 4 is 17.8 Å². The first-order chi connectivity index (χ1) is 15.1. The molecule has 1 heterocycles. The number of aryl methyl sites for hydroxylation is 1. The maximum atomic E-state index is 13.2. The van der Waals surface area contributed by atoms with Crippen molar-refractivity contribution in [1.29, 1.82) is 0 Å². The van der Waals surface area contributed by atoms with Crippen LogP contribution < -0.4 is 0 Å². The molecular formula is C24H26F6N2S. The Labute approximate surface area is 194 Å². The van der Waals surface area contributed by atoms with E-state index >= 15 is 0 Å². The van der Waals surface area contributed by atoms with Crippen LogP contribution in [0.25, 0.3) is 17.5 Å². The van der Waals surface area contributed by atoms with Gasteiger partial charge in [-0.05, 0) is 48.9 Å². The van der Waals surface area contributed by atoms with Crippen LogP contribution in [0.1, 0.15) is 42.3 Å². The quantitative estimate of drug-likeness (QED) is 0.169. The summed E-state index contributed by atoms with van der Waals surface area (Å²) >= 11 is 1.43. The van der Waals surface area contributed by atoms with Crippen LogP contribution in [0, 0.1) is 13.8 Å². The standard InChI is InChI=1S/C24H26F6N2S/c1-8-17(24(28,29)30)11-20-16(6)32(7)22(31-20)19-10-13(3)18(12-21(19)33-9-2)14(4)15(5)23(25,26)27/h8,10-12,14H,1,5,9H2,2-4,6-7H3/b17-11+.